The average molecular weight is 534 g/mol. The maximum atomic E-state index is 13.4. The van der Waals surface area contributed by atoms with E-state index < -0.39 is 0 Å². The molecule has 0 bridgehead atoms. The summed E-state index contributed by atoms with van der Waals surface area (Å²) in [6.07, 6.45) is 1.47. The molecule has 0 spiro atoms. The summed E-state index contributed by atoms with van der Waals surface area (Å²) in [7, 11) is 3.52. The molecule has 3 aromatic carbocycles. The molecule has 0 saturated heterocycles. The fourth-order valence-electron chi connectivity index (χ4n) is 4.19. The normalized spacial score (nSPS) is 13.5. The highest BCUT2D eigenvalue weighted by Crippen LogP contribution is 2.33. The molecule has 3 N–H and O–H groups in total. The molecule has 0 amide bonds. The van der Waals surface area contributed by atoms with Gasteiger partial charge in [0, 0.05) is 36.3 Å². The van der Waals surface area contributed by atoms with Crippen molar-refractivity contribution in [2.45, 2.75) is 6.61 Å². The molecule has 1 aliphatic heterocycles. The summed E-state index contributed by atoms with van der Waals surface area (Å²) in [6.45, 7) is 1.64. The topological polar surface area (TPSA) is 110 Å². The maximum absolute atomic E-state index is 13.4. The van der Waals surface area contributed by atoms with E-state index >= 15 is 0 Å². The van der Waals surface area contributed by atoms with E-state index in [1.54, 1.807) is 31.4 Å². The Hall–Kier alpha value is -4.44. The lowest BCUT2D eigenvalue weighted by atomic mass is 10.0. The zero-order valence-corrected chi connectivity index (χ0v) is 21.5. The fourth-order valence-corrected chi connectivity index (χ4v) is 4.43. The number of hydrogen-bond acceptors (Lipinski definition) is 9. The van der Waals surface area contributed by atoms with Crippen LogP contribution in [0, 0.1) is 5.82 Å². The smallest absolute Gasteiger partial charge is 0.152 e. The summed E-state index contributed by atoms with van der Waals surface area (Å²) in [5.74, 6) is 7.79. The Bertz CT molecular complexity index is 1560. The van der Waals surface area contributed by atoms with Crippen molar-refractivity contribution in [3.05, 3.63) is 82.9 Å². The molecule has 2 heterocycles. The summed E-state index contributed by atoms with van der Waals surface area (Å²) < 4.78 is 24.9. The van der Waals surface area contributed by atoms with Gasteiger partial charge in [-0.15, -0.1) is 0 Å². The van der Waals surface area contributed by atoms with Gasteiger partial charge in [0.25, 0.3) is 0 Å². The Balaban J connectivity index is 1.44. The van der Waals surface area contributed by atoms with E-state index in [2.05, 4.69) is 25.4 Å². The minimum atomic E-state index is -0.317. The van der Waals surface area contributed by atoms with Gasteiger partial charge in [0.05, 0.1) is 24.2 Å². The first kappa shape index (κ1) is 25.2. The molecule has 0 aliphatic carbocycles. The number of fused-ring (bicyclic) bond motifs is 1. The number of rotatable bonds is 8. The van der Waals surface area contributed by atoms with Crippen LogP contribution in [-0.2, 0) is 6.61 Å². The van der Waals surface area contributed by atoms with Crippen LogP contribution in [-0.4, -0.2) is 53.7 Å². The first-order valence-electron chi connectivity index (χ1n) is 11.8. The molecular formula is C27H25ClFN7O2. The third-order valence-electron chi connectivity index (χ3n) is 6.09. The molecule has 9 nitrogen and oxygen atoms in total. The van der Waals surface area contributed by atoms with E-state index in [1.165, 1.54) is 18.5 Å². The number of anilines is 2. The van der Waals surface area contributed by atoms with Crippen LogP contribution in [0.5, 0.6) is 11.5 Å². The molecule has 1 aromatic heterocycles. The van der Waals surface area contributed by atoms with Crippen LogP contribution in [0.3, 0.4) is 0 Å². The molecule has 11 heteroatoms. The number of nitrogens with two attached hydrogens (primary N) is 1. The highest BCUT2D eigenvalue weighted by molar-refractivity contribution is 6.48. The lowest BCUT2D eigenvalue weighted by Gasteiger charge is -2.18. The Morgan fingerprint density at radius 1 is 1.16 bits per heavy atom. The molecule has 0 saturated carbocycles. The summed E-state index contributed by atoms with van der Waals surface area (Å²) in [5.41, 5.74) is 3.26. The van der Waals surface area contributed by atoms with Crippen molar-refractivity contribution in [1.82, 2.24) is 14.9 Å². The number of ether oxygens (including phenoxy) is 2. The number of likely N-dealkylation sites (N-methyl/N-ethyl adjacent to an activating group) is 1. The number of aliphatic imine (C=N–C) groups is 1. The molecule has 38 heavy (non-hydrogen) atoms. The largest absolute Gasteiger partial charge is 0.496 e. The predicted molar refractivity (Wildman–Crippen MR) is 147 cm³/mol. The van der Waals surface area contributed by atoms with Gasteiger partial charge in [0.15, 0.2) is 5.84 Å². The van der Waals surface area contributed by atoms with Crippen LogP contribution >= 0.6 is 11.6 Å². The second-order valence-corrected chi connectivity index (χ2v) is 8.99. The molecule has 0 atom stereocenters. The van der Waals surface area contributed by atoms with Crippen LogP contribution in [0.4, 0.5) is 15.9 Å². The van der Waals surface area contributed by atoms with Gasteiger partial charge in [0.2, 0.25) is 0 Å². The van der Waals surface area contributed by atoms with Crippen LogP contribution in [0.1, 0.15) is 11.1 Å². The lowest BCUT2D eigenvalue weighted by molar-refractivity contribution is 0.306. The number of nitrogens with zero attached hydrogens (tertiary/aromatic N) is 5. The van der Waals surface area contributed by atoms with Gasteiger partial charge in [0.1, 0.15) is 41.8 Å². The van der Waals surface area contributed by atoms with Crippen molar-refractivity contribution >= 4 is 45.6 Å². The molecule has 4 aromatic rings. The van der Waals surface area contributed by atoms with E-state index in [4.69, 9.17) is 26.9 Å². The highest BCUT2D eigenvalue weighted by atomic mass is 35.5. The molecule has 0 unspecified atom stereocenters. The van der Waals surface area contributed by atoms with Gasteiger partial charge in [-0.25, -0.2) is 14.4 Å². The standard InChI is InChI=1S/C27H25ClFN7O2/c1-36-9-8-31-27(36)25(35-30)20-12-19-22(13-24(20)37-2)32-15-33-26(19)34-18-6-7-23(21(28)11-18)38-14-16-4-3-5-17(29)10-16/h3-7,10-13,15H,8-9,14,30H2,1-2H3,(H,32,33,34). The van der Waals surface area contributed by atoms with Gasteiger partial charge < -0.3 is 25.5 Å². The zero-order chi connectivity index (χ0) is 26.6. The number of aromatic nitrogens is 2. The Kier molecular flexibility index (Phi) is 7.23. The number of hydrogen-bond donors (Lipinski definition) is 2. The predicted octanol–water partition coefficient (Wildman–Crippen LogP) is 4.76. The number of nitrogens with one attached hydrogen (secondary N) is 1. The van der Waals surface area contributed by atoms with E-state index in [1.807, 2.05) is 30.1 Å². The summed E-state index contributed by atoms with van der Waals surface area (Å²) in [6, 6.07) is 15.2. The number of amidine groups is 1. The maximum Gasteiger partial charge on any atom is 0.152 e. The van der Waals surface area contributed by atoms with Gasteiger partial charge in [-0.05, 0) is 42.0 Å². The SMILES string of the molecule is COc1cc2ncnc(Nc3ccc(OCc4cccc(F)c4)c(Cl)c3)c2cc1C(=NN)C1=NCCN1C. The lowest BCUT2D eigenvalue weighted by Crippen LogP contribution is -2.31. The monoisotopic (exact) mass is 533 g/mol. The molecule has 5 rings (SSSR count). The van der Waals surface area contributed by atoms with E-state index in [0.29, 0.717) is 62.8 Å². The number of hydrazone groups is 1. The van der Waals surface area contributed by atoms with Crippen LogP contribution in [0.15, 0.2) is 71.0 Å². The zero-order valence-electron chi connectivity index (χ0n) is 20.8. The van der Waals surface area contributed by atoms with E-state index in [9.17, 15) is 4.39 Å². The first-order valence-corrected chi connectivity index (χ1v) is 12.2. The minimum Gasteiger partial charge on any atom is -0.496 e. The Labute approximate surface area is 223 Å². The van der Waals surface area contributed by atoms with Crippen molar-refractivity contribution in [2.24, 2.45) is 15.9 Å². The second kappa shape index (κ2) is 10.9. The second-order valence-electron chi connectivity index (χ2n) is 8.59. The molecule has 0 fully saturated rings. The number of methoxy groups -OCH3 is 1. The molecule has 1 aliphatic rings. The molecule has 0 radical (unpaired) electrons. The van der Waals surface area contributed by atoms with Crippen LogP contribution in [0.2, 0.25) is 5.02 Å². The van der Waals surface area contributed by atoms with Crippen LogP contribution < -0.4 is 20.6 Å². The fraction of sp³-hybridized carbons (Fsp3) is 0.185. The van der Waals surface area contributed by atoms with Crippen molar-refractivity contribution in [1.29, 1.82) is 0 Å². The third-order valence-corrected chi connectivity index (χ3v) is 6.38. The third kappa shape index (κ3) is 5.16. The van der Waals surface area contributed by atoms with Gasteiger partial charge in [-0.1, -0.05) is 23.7 Å². The Morgan fingerprint density at radius 2 is 2.03 bits per heavy atom. The highest BCUT2D eigenvalue weighted by Gasteiger charge is 2.24. The summed E-state index contributed by atoms with van der Waals surface area (Å²) in [4.78, 5) is 15.4. The Morgan fingerprint density at radius 3 is 2.74 bits per heavy atom. The minimum absolute atomic E-state index is 0.191. The number of benzene rings is 3. The van der Waals surface area contributed by atoms with Crippen molar-refractivity contribution in [3.8, 4) is 11.5 Å². The number of halogens is 2. The van der Waals surface area contributed by atoms with Crippen LogP contribution in [0.25, 0.3) is 10.9 Å². The van der Waals surface area contributed by atoms with Gasteiger partial charge in [-0.2, -0.15) is 5.10 Å². The van der Waals surface area contributed by atoms with E-state index in [0.717, 1.165) is 11.9 Å². The van der Waals surface area contributed by atoms with Crippen molar-refractivity contribution in [3.63, 3.8) is 0 Å². The average Bonchev–Trinajstić information content (AvgIpc) is 3.34. The van der Waals surface area contributed by atoms with E-state index in [-0.39, 0.29) is 12.4 Å². The van der Waals surface area contributed by atoms with Gasteiger partial charge in [-0.3, -0.25) is 4.99 Å². The summed E-state index contributed by atoms with van der Waals surface area (Å²) in [5, 5.41) is 8.46. The molecule has 194 valence electrons. The summed E-state index contributed by atoms with van der Waals surface area (Å²) >= 11 is 6.49. The van der Waals surface area contributed by atoms with Gasteiger partial charge >= 0.3 is 0 Å². The quantitative estimate of drug-likeness (QED) is 0.191. The van der Waals surface area contributed by atoms with Crippen molar-refractivity contribution < 1.29 is 13.9 Å². The van der Waals surface area contributed by atoms with Crippen molar-refractivity contribution in [2.75, 3.05) is 32.6 Å². The molecular weight excluding hydrogens is 509 g/mol. The first-order chi connectivity index (χ1) is 18.5.